The summed E-state index contributed by atoms with van der Waals surface area (Å²) in [5.41, 5.74) is 2.99. The number of aliphatic carboxylic acids is 1. The summed E-state index contributed by atoms with van der Waals surface area (Å²) in [6.45, 7) is 0. The molecule has 4 rings (SSSR count). The van der Waals surface area contributed by atoms with E-state index in [0.29, 0.717) is 11.2 Å². The van der Waals surface area contributed by atoms with Gasteiger partial charge in [0.2, 0.25) is 5.95 Å². The maximum atomic E-state index is 11.1. The molecule has 0 bridgehead atoms. The molecular weight excluding hydrogens is 403 g/mol. The Labute approximate surface area is 193 Å². The topological polar surface area (TPSA) is 153 Å². The summed E-state index contributed by atoms with van der Waals surface area (Å²) in [5, 5.41) is 43.8. The van der Waals surface area contributed by atoms with E-state index in [-0.39, 0.29) is 35.5 Å². The summed E-state index contributed by atoms with van der Waals surface area (Å²) < 4.78 is 6.85. The van der Waals surface area contributed by atoms with Crippen LogP contribution in [0.15, 0.2) is 42.6 Å². The third-order valence-electron chi connectivity index (χ3n) is 4.96. The third-order valence-corrected chi connectivity index (χ3v) is 4.96. The van der Waals surface area contributed by atoms with Gasteiger partial charge in [0, 0.05) is 18.8 Å². The van der Waals surface area contributed by atoms with E-state index in [1.807, 2.05) is 36.4 Å². The van der Waals surface area contributed by atoms with E-state index in [0.717, 1.165) is 11.1 Å². The van der Waals surface area contributed by atoms with Crippen molar-refractivity contribution in [1.29, 1.82) is 0 Å². The second-order valence-electron chi connectivity index (χ2n) is 6.84. The fourth-order valence-corrected chi connectivity index (χ4v) is 3.31. The first-order valence-corrected chi connectivity index (χ1v) is 8.92. The smallest absolute Gasteiger partial charge is 0.547 e. The Morgan fingerprint density at radius 1 is 1.13 bits per heavy atom. The predicted octanol–water partition coefficient (Wildman–Crippen LogP) is -4.39. The van der Waals surface area contributed by atoms with Gasteiger partial charge in [-0.05, 0) is 11.6 Å². The number of hydrogen-bond acceptors (Lipinski definition) is 9. The molecule has 1 aliphatic heterocycles. The Kier molecular flexibility index (Phi) is 6.78. The number of imidazole rings is 1. The fourth-order valence-electron chi connectivity index (χ4n) is 3.31. The molecule has 0 amide bonds. The molecule has 3 aromatic rings. The van der Waals surface area contributed by atoms with Crippen LogP contribution in [0.3, 0.4) is 0 Å². The molecule has 10 nitrogen and oxygen atoms in total. The van der Waals surface area contributed by atoms with Crippen molar-refractivity contribution in [2.45, 2.75) is 30.6 Å². The maximum absolute atomic E-state index is 11.1. The fraction of sp³-hybridized carbons (Fsp3) is 0.316. The van der Waals surface area contributed by atoms with Crippen molar-refractivity contribution in [3.05, 3.63) is 42.6 Å². The van der Waals surface area contributed by atoms with E-state index in [9.17, 15) is 25.2 Å². The Morgan fingerprint density at radius 3 is 2.50 bits per heavy atom. The number of anilines is 1. The molecule has 1 saturated heterocycles. The number of carbonyl (C=O) groups excluding carboxylic acids is 1. The van der Waals surface area contributed by atoms with Gasteiger partial charge in [0.05, 0.1) is 11.5 Å². The van der Waals surface area contributed by atoms with Gasteiger partial charge in [0.1, 0.15) is 24.4 Å². The average molecular weight is 422 g/mol. The van der Waals surface area contributed by atoms with Crippen LogP contribution in [0.2, 0.25) is 0 Å². The van der Waals surface area contributed by atoms with E-state index < -0.39 is 36.6 Å². The molecule has 11 heteroatoms. The summed E-state index contributed by atoms with van der Waals surface area (Å²) >= 11 is 0. The standard InChI is InChI=1S/C19H20N4O6.Na/c1-23-11-7-10(9-5-3-2-4-6-9)8-20-16(11)21-19(23)22-17-14(26)12(24)13(25)15(29-17)18(27)28;/h2-8,12-15,17,24-26H,1H3,(H,27,28)(H,20,21,22);/q;+1/p-1/t12?,13-,14?,15-,17+;/m0./s1. The maximum Gasteiger partial charge on any atom is 1.00 e. The quantitative estimate of drug-likeness (QED) is 0.305. The van der Waals surface area contributed by atoms with Crippen LogP contribution >= 0.6 is 0 Å². The monoisotopic (exact) mass is 422 g/mol. The Balaban J connectivity index is 0.00000256. The first kappa shape index (κ1) is 22.6. The van der Waals surface area contributed by atoms with E-state index in [1.165, 1.54) is 0 Å². The molecule has 2 aromatic heterocycles. The van der Waals surface area contributed by atoms with Gasteiger partial charge in [-0.3, -0.25) is 0 Å². The molecule has 1 fully saturated rings. The summed E-state index contributed by atoms with van der Waals surface area (Å²) in [5.74, 6) is -1.46. The molecule has 2 unspecified atom stereocenters. The number of rotatable bonds is 4. The molecule has 0 saturated carbocycles. The molecule has 1 aliphatic rings. The molecule has 5 atom stereocenters. The molecule has 0 spiro atoms. The minimum Gasteiger partial charge on any atom is -0.547 e. The van der Waals surface area contributed by atoms with Crippen molar-refractivity contribution in [2.75, 3.05) is 5.32 Å². The molecule has 0 radical (unpaired) electrons. The van der Waals surface area contributed by atoms with Crippen molar-refractivity contribution >= 4 is 23.1 Å². The number of nitrogens with zero attached hydrogens (tertiary/aromatic N) is 3. The molecule has 3 heterocycles. The van der Waals surface area contributed by atoms with Gasteiger partial charge in [-0.15, -0.1) is 0 Å². The van der Waals surface area contributed by atoms with Crippen molar-refractivity contribution in [2.24, 2.45) is 7.05 Å². The molecular formula is C19H19N4NaO6. The summed E-state index contributed by atoms with van der Waals surface area (Å²) in [7, 11) is 1.71. The van der Waals surface area contributed by atoms with Crippen LogP contribution in [-0.2, 0) is 16.6 Å². The van der Waals surface area contributed by atoms with Gasteiger partial charge < -0.3 is 39.8 Å². The second-order valence-corrected chi connectivity index (χ2v) is 6.84. The van der Waals surface area contributed by atoms with Crippen LogP contribution < -0.4 is 40.0 Å². The number of aromatic nitrogens is 3. The van der Waals surface area contributed by atoms with Crippen LogP contribution in [0.5, 0.6) is 0 Å². The van der Waals surface area contributed by atoms with E-state index in [4.69, 9.17) is 4.74 Å². The van der Waals surface area contributed by atoms with Crippen molar-refractivity contribution in [1.82, 2.24) is 14.5 Å². The number of pyridine rings is 1. The van der Waals surface area contributed by atoms with Gasteiger partial charge in [-0.2, -0.15) is 4.98 Å². The summed E-state index contributed by atoms with van der Waals surface area (Å²) in [4.78, 5) is 19.8. The molecule has 4 N–H and O–H groups in total. The van der Waals surface area contributed by atoms with Crippen LogP contribution in [0, 0.1) is 0 Å². The number of benzene rings is 1. The second kappa shape index (κ2) is 8.98. The normalized spacial score (nSPS) is 26.2. The minimum absolute atomic E-state index is 0. The number of aliphatic hydroxyl groups is 3. The van der Waals surface area contributed by atoms with Gasteiger partial charge in [-0.25, -0.2) is 4.98 Å². The predicted molar refractivity (Wildman–Crippen MR) is 99.3 cm³/mol. The number of ether oxygens (including phenoxy) is 1. The van der Waals surface area contributed by atoms with Crippen LogP contribution in [0.25, 0.3) is 22.3 Å². The average Bonchev–Trinajstić information content (AvgIpc) is 3.03. The number of hydrogen-bond donors (Lipinski definition) is 4. The molecule has 1 aromatic carbocycles. The van der Waals surface area contributed by atoms with Gasteiger partial charge in [0.25, 0.3) is 0 Å². The number of carbonyl (C=O) groups is 1. The van der Waals surface area contributed by atoms with E-state index in [2.05, 4.69) is 15.3 Å². The van der Waals surface area contributed by atoms with Crippen molar-refractivity contribution < 1.29 is 59.5 Å². The zero-order chi connectivity index (χ0) is 20.7. The number of fused-ring (bicyclic) bond motifs is 1. The zero-order valence-corrected chi connectivity index (χ0v) is 18.3. The van der Waals surface area contributed by atoms with Crippen molar-refractivity contribution in [3.63, 3.8) is 0 Å². The zero-order valence-electron chi connectivity index (χ0n) is 16.3. The first-order valence-electron chi connectivity index (χ1n) is 8.92. The number of carboxylic acids is 1. The Hall–Kier alpha value is -2.05. The Morgan fingerprint density at radius 2 is 1.83 bits per heavy atom. The van der Waals surface area contributed by atoms with E-state index in [1.54, 1.807) is 17.8 Å². The SMILES string of the molecule is Cn1c(N[C@@H]2O[C@H](C(=O)[O-])[C@@H](O)C(O)C2O)nc2ncc(-c3ccccc3)cc21.[Na+]. The van der Waals surface area contributed by atoms with Crippen LogP contribution in [0.1, 0.15) is 0 Å². The van der Waals surface area contributed by atoms with Gasteiger partial charge in [0.15, 0.2) is 11.9 Å². The van der Waals surface area contributed by atoms with Gasteiger partial charge in [-0.1, -0.05) is 30.3 Å². The van der Waals surface area contributed by atoms with E-state index >= 15 is 0 Å². The third kappa shape index (κ3) is 4.08. The number of aryl methyl sites for hydroxylation is 1. The minimum atomic E-state index is -1.82. The number of nitrogens with one attached hydrogen (secondary N) is 1. The van der Waals surface area contributed by atoms with Gasteiger partial charge >= 0.3 is 29.6 Å². The summed E-state index contributed by atoms with van der Waals surface area (Å²) in [6.07, 6.45) is -6.59. The van der Waals surface area contributed by atoms with Crippen LogP contribution in [0.4, 0.5) is 5.95 Å². The largest absolute Gasteiger partial charge is 1.00 e. The summed E-state index contributed by atoms with van der Waals surface area (Å²) in [6, 6.07) is 11.6. The van der Waals surface area contributed by atoms with Crippen molar-refractivity contribution in [3.8, 4) is 11.1 Å². The number of aliphatic hydroxyl groups excluding tert-OH is 3. The van der Waals surface area contributed by atoms with Crippen LogP contribution in [-0.4, -0.2) is 66.5 Å². The molecule has 0 aliphatic carbocycles. The first-order chi connectivity index (χ1) is 13.9. The molecule has 152 valence electrons. The molecule has 30 heavy (non-hydrogen) atoms. The Bertz CT molecular complexity index is 1050. The number of carboxylic acid groups (broad SMARTS) is 1.